The standard InChI is InChI=1S/C27H21IN2O7S/c1-2-36-23-13-18(12-21(28)25(23)37-16-17-8-10-20(11-9-17)30(34)35)14-24-26(32)29(27(33)38-24)15-22(31)19-6-4-3-5-7-19/h3-14H,2,15-16H2,1H3/b24-14+. The molecule has 0 unspecified atom stereocenters. The summed E-state index contributed by atoms with van der Waals surface area (Å²) in [5.74, 6) is 0.0863. The number of amides is 2. The molecular weight excluding hydrogens is 623 g/mol. The number of Topliss-reactive ketones (excluding diaryl/α,β-unsaturated/α-hetero) is 1. The van der Waals surface area contributed by atoms with E-state index in [-0.39, 0.29) is 29.5 Å². The number of benzene rings is 3. The molecule has 38 heavy (non-hydrogen) atoms. The van der Waals surface area contributed by atoms with Crippen molar-refractivity contribution in [1.82, 2.24) is 4.90 Å². The summed E-state index contributed by atoms with van der Waals surface area (Å²) in [6.45, 7) is 2.03. The molecule has 0 bridgehead atoms. The smallest absolute Gasteiger partial charge is 0.293 e. The Labute approximate surface area is 236 Å². The molecule has 1 heterocycles. The van der Waals surface area contributed by atoms with Crippen LogP contribution in [0.25, 0.3) is 6.08 Å². The van der Waals surface area contributed by atoms with Gasteiger partial charge in [0.25, 0.3) is 16.8 Å². The number of carbonyl (C=O) groups is 3. The third-order valence-electron chi connectivity index (χ3n) is 5.43. The predicted octanol–water partition coefficient (Wildman–Crippen LogP) is 6.10. The van der Waals surface area contributed by atoms with Crippen LogP contribution in [0.3, 0.4) is 0 Å². The minimum absolute atomic E-state index is 0.00321. The van der Waals surface area contributed by atoms with E-state index in [1.54, 1.807) is 60.7 Å². The first-order chi connectivity index (χ1) is 18.3. The summed E-state index contributed by atoms with van der Waals surface area (Å²) in [6, 6.07) is 18.1. The van der Waals surface area contributed by atoms with Crippen molar-refractivity contribution in [1.29, 1.82) is 0 Å². The van der Waals surface area contributed by atoms with Crippen LogP contribution in [0.5, 0.6) is 11.5 Å². The zero-order valence-corrected chi connectivity index (χ0v) is 23.1. The maximum Gasteiger partial charge on any atom is 0.293 e. The van der Waals surface area contributed by atoms with E-state index in [0.29, 0.717) is 32.8 Å². The maximum atomic E-state index is 12.9. The fourth-order valence-corrected chi connectivity index (χ4v) is 5.21. The largest absolute Gasteiger partial charge is 0.490 e. The van der Waals surface area contributed by atoms with Gasteiger partial charge in [0.05, 0.1) is 26.6 Å². The lowest BCUT2D eigenvalue weighted by Crippen LogP contribution is -2.33. The third kappa shape index (κ3) is 6.40. The molecule has 4 rings (SSSR count). The molecule has 0 saturated carbocycles. The van der Waals surface area contributed by atoms with Gasteiger partial charge in [-0.2, -0.15) is 0 Å². The Bertz CT molecular complexity index is 1430. The number of nitrogens with zero attached hydrogens (tertiary/aromatic N) is 2. The number of carbonyl (C=O) groups excluding carboxylic acids is 3. The minimum Gasteiger partial charge on any atom is -0.490 e. The minimum atomic E-state index is -0.532. The van der Waals surface area contributed by atoms with Gasteiger partial charge in [0, 0.05) is 17.7 Å². The molecular formula is C27H21IN2O7S. The van der Waals surface area contributed by atoms with Crippen molar-refractivity contribution in [2.45, 2.75) is 13.5 Å². The van der Waals surface area contributed by atoms with Crippen LogP contribution in [0.2, 0.25) is 0 Å². The van der Waals surface area contributed by atoms with Crippen LogP contribution in [0, 0.1) is 13.7 Å². The van der Waals surface area contributed by atoms with Crippen molar-refractivity contribution in [3.63, 3.8) is 0 Å². The van der Waals surface area contributed by atoms with E-state index in [2.05, 4.69) is 22.6 Å². The number of rotatable bonds is 10. The molecule has 3 aromatic carbocycles. The molecule has 3 aromatic rings. The Morgan fingerprint density at radius 3 is 2.45 bits per heavy atom. The Hall–Kier alpha value is -3.71. The molecule has 0 aliphatic carbocycles. The van der Waals surface area contributed by atoms with Gasteiger partial charge in [-0.25, -0.2) is 0 Å². The van der Waals surface area contributed by atoms with Crippen molar-refractivity contribution in [3.05, 3.63) is 102 Å². The highest BCUT2D eigenvalue weighted by Gasteiger charge is 2.36. The predicted molar refractivity (Wildman–Crippen MR) is 151 cm³/mol. The molecule has 0 N–H and O–H groups in total. The average Bonchev–Trinajstić information content (AvgIpc) is 3.16. The first-order valence-corrected chi connectivity index (χ1v) is 13.3. The van der Waals surface area contributed by atoms with E-state index >= 15 is 0 Å². The van der Waals surface area contributed by atoms with Crippen LogP contribution >= 0.6 is 34.4 Å². The average molecular weight is 644 g/mol. The highest BCUT2D eigenvalue weighted by atomic mass is 127. The molecule has 194 valence electrons. The van der Waals surface area contributed by atoms with Crippen molar-refractivity contribution >= 4 is 63.0 Å². The number of nitro benzene ring substituents is 1. The second-order valence-corrected chi connectivity index (χ2v) is 10.2. The molecule has 0 atom stereocenters. The van der Waals surface area contributed by atoms with Crippen LogP contribution in [0.1, 0.15) is 28.4 Å². The van der Waals surface area contributed by atoms with E-state index in [9.17, 15) is 24.5 Å². The van der Waals surface area contributed by atoms with Gasteiger partial charge < -0.3 is 9.47 Å². The van der Waals surface area contributed by atoms with Gasteiger partial charge in [0.1, 0.15) is 6.61 Å². The topological polar surface area (TPSA) is 116 Å². The first-order valence-electron chi connectivity index (χ1n) is 11.4. The van der Waals surface area contributed by atoms with Gasteiger partial charge in [0.15, 0.2) is 17.3 Å². The Morgan fingerprint density at radius 1 is 1.08 bits per heavy atom. The summed E-state index contributed by atoms with van der Waals surface area (Å²) in [6.07, 6.45) is 1.59. The molecule has 1 fully saturated rings. The summed E-state index contributed by atoms with van der Waals surface area (Å²) < 4.78 is 12.5. The number of ether oxygens (including phenoxy) is 2. The second kappa shape index (κ2) is 12.2. The highest BCUT2D eigenvalue weighted by Crippen LogP contribution is 2.38. The number of thioether (sulfide) groups is 1. The molecule has 9 nitrogen and oxygen atoms in total. The monoisotopic (exact) mass is 644 g/mol. The van der Waals surface area contributed by atoms with E-state index in [0.717, 1.165) is 22.2 Å². The van der Waals surface area contributed by atoms with Crippen molar-refractivity contribution < 1.29 is 28.8 Å². The number of halogens is 1. The number of imide groups is 1. The molecule has 0 aromatic heterocycles. The lowest BCUT2D eigenvalue weighted by molar-refractivity contribution is -0.384. The molecule has 1 saturated heterocycles. The third-order valence-corrected chi connectivity index (χ3v) is 7.14. The van der Waals surface area contributed by atoms with Gasteiger partial charge >= 0.3 is 0 Å². The first kappa shape index (κ1) is 27.3. The number of non-ortho nitro benzene ring substituents is 1. The number of hydrogen-bond donors (Lipinski definition) is 0. The van der Waals surface area contributed by atoms with Gasteiger partial charge in [-0.1, -0.05) is 30.3 Å². The number of ketones is 1. The van der Waals surface area contributed by atoms with Crippen LogP contribution in [0.15, 0.2) is 71.6 Å². The van der Waals surface area contributed by atoms with Gasteiger partial charge in [-0.05, 0) is 82.7 Å². The maximum absolute atomic E-state index is 12.9. The van der Waals surface area contributed by atoms with E-state index in [1.165, 1.54) is 12.1 Å². The quantitative estimate of drug-likeness (QED) is 0.0856. The van der Waals surface area contributed by atoms with Crippen molar-refractivity contribution in [3.8, 4) is 11.5 Å². The Kier molecular flexibility index (Phi) is 8.79. The molecule has 0 radical (unpaired) electrons. The molecule has 1 aliphatic rings. The van der Waals surface area contributed by atoms with Crippen molar-refractivity contribution in [2.75, 3.05) is 13.2 Å². The molecule has 1 aliphatic heterocycles. The number of hydrogen-bond acceptors (Lipinski definition) is 8. The van der Waals surface area contributed by atoms with E-state index in [4.69, 9.17) is 9.47 Å². The highest BCUT2D eigenvalue weighted by molar-refractivity contribution is 14.1. The van der Waals surface area contributed by atoms with Gasteiger partial charge in [-0.3, -0.25) is 29.4 Å². The van der Waals surface area contributed by atoms with Gasteiger partial charge in [0.2, 0.25) is 0 Å². The normalized spacial score (nSPS) is 14.2. The second-order valence-electron chi connectivity index (χ2n) is 8.03. The zero-order valence-electron chi connectivity index (χ0n) is 20.1. The van der Waals surface area contributed by atoms with Crippen LogP contribution in [0.4, 0.5) is 10.5 Å². The van der Waals surface area contributed by atoms with E-state index < -0.39 is 16.1 Å². The van der Waals surface area contributed by atoms with Crippen LogP contribution in [-0.4, -0.2) is 39.9 Å². The lowest BCUT2D eigenvalue weighted by atomic mass is 10.1. The summed E-state index contributed by atoms with van der Waals surface area (Å²) >= 11 is 2.87. The SMILES string of the molecule is CCOc1cc(/C=C2/SC(=O)N(CC(=O)c3ccccc3)C2=O)cc(I)c1OCc1ccc([N+](=O)[O-])cc1. The van der Waals surface area contributed by atoms with Crippen LogP contribution in [-0.2, 0) is 11.4 Å². The molecule has 0 spiro atoms. The fraction of sp³-hybridized carbons (Fsp3) is 0.148. The summed E-state index contributed by atoms with van der Waals surface area (Å²) in [5, 5.41) is 10.4. The summed E-state index contributed by atoms with van der Waals surface area (Å²) in [5.41, 5.74) is 1.80. The summed E-state index contributed by atoms with van der Waals surface area (Å²) in [4.78, 5) is 49.5. The Balaban J connectivity index is 1.51. The Morgan fingerprint density at radius 2 is 1.79 bits per heavy atom. The molecule has 2 amide bonds. The van der Waals surface area contributed by atoms with E-state index in [1.807, 2.05) is 6.92 Å². The lowest BCUT2D eigenvalue weighted by Gasteiger charge is -2.15. The van der Waals surface area contributed by atoms with Crippen LogP contribution < -0.4 is 9.47 Å². The zero-order chi connectivity index (χ0) is 27.2. The molecule has 11 heteroatoms. The fourth-order valence-electron chi connectivity index (χ4n) is 3.59. The summed E-state index contributed by atoms with van der Waals surface area (Å²) in [7, 11) is 0. The van der Waals surface area contributed by atoms with Crippen molar-refractivity contribution in [2.24, 2.45) is 0 Å². The van der Waals surface area contributed by atoms with Gasteiger partial charge in [-0.15, -0.1) is 0 Å². The number of nitro groups is 1.